The highest BCUT2D eigenvalue weighted by Crippen LogP contribution is 2.24. The molecule has 4 aromatic heterocycles. The van der Waals surface area contributed by atoms with Crippen molar-refractivity contribution in [1.82, 2.24) is 34.6 Å². The molecule has 0 fully saturated rings. The first-order valence-electron chi connectivity index (χ1n) is 7.82. The Hall–Kier alpha value is -3.00. The minimum Gasteiger partial charge on any atom is -0.332 e. The van der Waals surface area contributed by atoms with E-state index in [0.717, 1.165) is 29.9 Å². The van der Waals surface area contributed by atoms with E-state index in [0.29, 0.717) is 23.5 Å². The van der Waals surface area contributed by atoms with Gasteiger partial charge in [0.1, 0.15) is 0 Å². The minimum atomic E-state index is 0.408. The highest BCUT2D eigenvalue weighted by Gasteiger charge is 2.20. The van der Waals surface area contributed by atoms with Crippen molar-refractivity contribution in [2.45, 2.75) is 26.1 Å². The van der Waals surface area contributed by atoms with Gasteiger partial charge in [-0.15, -0.1) is 0 Å². The first-order valence-corrected chi connectivity index (χ1v) is 7.82. The highest BCUT2D eigenvalue weighted by atomic mass is 16.5. The Morgan fingerprint density at radius 1 is 1.33 bits per heavy atom. The van der Waals surface area contributed by atoms with Crippen molar-refractivity contribution in [3.8, 4) is 23.0 Å². The molecule has 0 bridgehead atoms. The number of rotatable bonds is 2. The summed E-state index contributed by atoms with van der Waals surface area (Å²) in [5, 5.41) is 12.1. The summed E-state index contributed by atoms with van der Waals surface area (Å²) in [7, 11) is 0. The van der Waals surface area contributed by atoms with Crippen LogP contribution < -0.4 is 5.32 Å². The van der Waals surface area contributed by atoms with E-state index in [1.807, 2.05) is 33.5 Å². The topological polar surface area (TPSA) is 86.1 Å². The van der Waals surface area contributed by atoms with Crippen LogP contribution in [-0.2, 0) is 13.1 Å². The molecule has 0 aliphatic carbocycles. The van der Waals surface area contributed by atoms with Crippen LogP contribution in [0.3, 0.4) is 0 Å². The molecule has 1 aliphatic heterocycles. The van der Waals surface area contributed by atoms with E-state index in [9.17, 15) is 0 Å². The van der Waals surface area contributed by atoms with Crippen molar-refractivity contribution in [3.63, 3.8) is 0 Å². The molecule has 24 heavy (non-hydrogen) atoms. The van der Waals surface area contributed by atoms with Crippen LogP contribution in [0, 0.1) is 0 Å². The number of nitrogens with one attached hydrogen (secondary N) is 1. The van der Waals surface area contributed by atoms with Crippen LogP contribution in [-0.4, -0.2) is 35.3 Å². The zero-order chi connectivity index (χ0) is 16.1. The molecular weight excluding hydrogens is 306 g/mol. The van der Waals surface area contributed by atoms with E-state index >= 15 is 0 Å². The van der Waals surface area contributed by atoms with Gasteiger partial charge in [-0.05, 0) is 25.1 Å². The first-order chi connectivity index (χ1) is 11.8. The minimum absolute atomic E-state index is 0.408. The van der Waals surface area contributed by atoms with Crippen LogP contribution in [0.2, 0.25) is 0 Å². The van der Waals surface area contributed by atoms with Gasteiger partial charge < -0.3 is 14.2 Å². The Balaban J connectivity index is 1.50. The fourth-order valence-electron chi connectivity index (χ4n) is 2.97. The summed E-state index contributed by atoms with van der Waals surface area (Å²) in [4.78, 5) is 8.61. The van der Waals surface area contributed by atoms with E-state index in [2.05, 4.69) is 32.5 Å². The third kappa shape index (κ3) is 2.11. The van der Waals surface area contributed by atoms with Gasteiger partial charge in [0.05, 0.1) is 30.3 Å². The molecular formula is C16H15N7O. The second kappa shape index (κ2) is 5.00. The number of fused-ring (bicyclic) bond motifs is 2. The van der Waals surface area contributed by atoms with Gasteiger partial charge in [-0.2, -0.15) is 10.1 Å². The van der Waals surface area contributed by atoms with Crippen molar-refractivity contribution < 1.29 is 4.52 Å². The monoisotopic (exact) mass is 321 g/mol. The van der Waals surface area contributed by atoms with E-state index < -0.39 is 0 Å². The number of pyridine rings is 1. The standard InChI is InChI=1S/C16H15N7O/c1-10-8-23-13(7-18-10)5-14(20-23)16-19-15(21-24-16)11-2-3-22-9-17-6-12(22)4-11/h2-6,9-10,18H,7-8H2,1H3. The smallest absolute Gasteiger partial charge is 0.278 e. The third-order valence-corrected chi connectivity index (χ3v) is 4.26. The van der Waals surface area contributed by atoms with E-state index in [-0.39, 0.29) is 0 Å². The van der Waals surface area contributed by atoms with Crippen molar-refractivity contribution in [3.05, 3.63) is 42.6 Å². The van der Waals surface area contributed by atoms with Gasteiger partial charge in [-0.1, -0.05) is 5.16 Å². The van der Waals surface area contributed by atoms with Gasteiger partial charge in [0.25, 0.3) is 5.89 Å². The lowest BCUT2D eigenvalue weighted by Crippen LogP contribution is -2.36. The maximum absolute atomic E-state index is 5.42. The fraction of sp³-hybridized carbons (Fsp3) is 0.250. The molecule has 0 aromatic carbocycles. The summed E-state index contributed by atoms with van der Waals surface area (Å²) in [6.07, 6.45) is 5.48. The summed E-state index contributed by atoms with van der Waals surface area (Å²) < 4.78 is 9.35. The fourth-order valence-corrected chi connectivity index (χ4v) is 2.97. The summed E-state index contributed by atoms with van der Waals surface area (Å²) in [5.74, 6) is 0.985. The lowest BCUT2D eigenvalue weighted by atomic mass is 10.2. The summed E-state index contributed by atoms with van der Waals surface area (Å²) in [5.41, 5.74) is 3.71. The van der Waals surface area contributed by atoms with Gasteiger partial charge >= 0.3 is 0 Å². The SMILES string of the molecule is CC1Cn2nc(-c3nc(-c4ccn5cncc5c4)no3)cc2CN1. The lowest BCUT2D eigenvalue weighted by Gasteiger charge is -2.21. The number of imidazole rings is 1. The number of hydrogen-bond acceptors (Lipinski definition) is 6. The van der Waals surface area contributed by atoms with Crippen molar-refractivity contribution in [2.24, 2.45) is 0 Å². The molecule has 5 heterocycles. The number of hydrogen-bond donors (Lipinski definition) is 1. The Bertz CT molecular complexity index is 1030. The van der Waals surface area contributed by atoms with Crippen LogP contribution >= 0.6 is 0 Å². The molecule has 1 N–H and O–H groups in total. The predicted molar refractivity (Wildman–Crippen MR) is 86.0 cm³/mol. The molecule has 8 nitrogen and oxygen atoms in total. The van der Waals surface area contributed by atoms with Crippen LogP contribution in [0.1, 0.15) is 12.6 Å². The lowest BCUT2D eigenvalue weighted by molar-refractivity contribution is 0.388. The van der Waals surface area contributed by atoms with Crippen LogP contribution in [0.4, 0.5) is 0 Å². The van der Waals surface area contributed by atoms with Gasteiger partial charge in [0, 0.05) is 24.3 Å². The zero-order valence-electron chi connectivity index (χ0n) is 13.0. The molecule has 1 atom stereocenters. The Morgan fingerprint density at radius 3 is 3.25 bits per heavy atom. The molecule has 0 radical (unpaired) electrons. The maximum Gasteiger partial charge on any atom is 0.278 e. The molecule has 4 aromatic rings. The van der Waals surface area contributed by atoms with E-state index in [1.165, 1.54) is 0 Å². The molecule has 8 heteroatoms. The zero-order valence-corrected chi connectivity index (χ0v) is 13.0. The maximum atomic E-state index is 5.42. The van der Waals surface area contributed by atoms with Gasteiger partial charge in [-0.3, -0.25) is 4.68 Å². The normalized spacial score (nSPS) is 17.3. The molecule has 1 unspecified atom stereocenters. The highest BCUT2D eigenvalue weighted by molar-refractivity contribution is 5.64. The Kier molecular flexibility index (Phi) is 2.80. The average Bonchev–Trinajstić information content (AvgIpc) is 3.31. The predicted octanol–water partition coefficient (Wildman–Crippen LogP) is 1.74. The Labute approximate surface area is 137 Å². The average molecular weight is 321 g/mol. The first kappa shape index (κ1) is 13.4. The van der Waals surface area contributed by atoms with Gasteiger partial charge in [-0.25, -0.2) is 4.98 Å². The number of nitrogens with zero attached hydrogens (tertiary/aromatic N) is 6. The summed E-state index contributed by atoms with van der Waals surface area (Å²) in [6.45, 7) is 3.78. The molecule has 0 saturated carbocycles. The van der Waals surface area contributed by atoms with Crippen molar-refractivity contribution in [2.75, 3.05) is 0 Å². The van der Waals surface area contributed by atoms with Crippen molar-refractivity contribution in [1.29, 1.82) is 0 Å². The van der Waals surface area contributed by atoms with E-state index in [1.54, 1.807) is 12.5 Å². The third-order valence-electron chi connectivity index (χ3n) is 4.26. The van der Waals surface area contributed by atoms with Crippen LogP contribution in [0.25, 0.3) is 28.5 Å². The molecule has 0 amide bonds. The van der Waals surface area contributed by atoms with Crippen molar-refractivity contribution >= 4 is 5.52 Å². The second-order valence-electron chi connectivity index (χ2n) is 6.05. The van der Waals surface area contributed by atoms with E-state index in [4.69, 9.17) is 4.52 Å². The quantitative estimate of drug-likeness (QED) is 0.605. The molecule has 0 spiro atoms. The van der Waals surface area contributed by atoms with Crippen LogP contribution in [0.15, 0.2) is 41.4 Å². The Morgan fingerprint density at radius 2 is 2.29 bits per heavy atom. The molecule has 0 saturated heterocycles. The largest absolute Gasteiger partial charge is 0.332 e. The van der Waals surface area contributed by atoms with Crippen LogP contribution in [0.5, 0.6) is 0 Å². The summed E-state index contributed by atoms with van der Waals surface area (Å²) in [6, 6.07) is 6.32. The second-order valence-corrected chi connectivity index (χ2v) is 6.05. The van der Waals surface area contributed by atoms with Gasteiger partial charge in [0.15, 0.2) is 5.69 Å². The summed E-state index contributed by atoms with van der Waals surface area (Å²) >= 11 is 0. The molecule has 120 valence electrons. The number of aromatic nitrogens is 6. The molecule has 1 aliphatic rings. The molecule has 5 rings (SSSR count). The van der Waals surface area contributed by atoms with Gasteiger partial charge in [0.2, 0.25) is 5.82 Å².